The van der Waals surface area contributed by atoms with Crippen LogP contribution in [0.4, 0.5) is 5.82 Å². The second-order valence-electron chi connectivity index (χ2n) is 11.6. The highest BCUT2D eigenvalue weighted by atomic mass is 32.1. The molecule has 2 rings (SSSR count). The zero-order valence-corrected chi connectivity index (χ0v) is 28.5. The van der Waals surface area contributed by atoms with Crippen molar-refractivity contribution in [2.24, 2.45) is 0 Å². The molecule has 1 aromatic rings. The van der Waals surface area contributed by atoms with Crippen LogP contribution in [-0.2, 0) is 52.4 Å². The number of carbonyl (C=O) groups excluding carboxylic acids is 5. The smallest absolute Gasteiger partial charge is 0.347 e. The predicted molar refractivity (Wildman–Crippen MR) is 163 cm³/mol. The topological polar surface area (TPSA) is 191 Å². The van der Waals surface area contributed by atoms with Gasteiger partial charge in [-0.3, -0.25) is 4.79 Å². The van der Waals surface area contributed by atoms with Crippen LogP contribution >= 0.6 is 11.7 Å². The highest BCUT2D eigenvalue weighted by Gasteiger charge is 2.31. The van der Waals surface area contributed by atoms with Gasteiger partial charge in [-0.25, -0.2) is 19.2 Å². The van der Waals surface area contributed by atoms with Crippen LogP contribution in [0.1, 0.15) is 68.2 Å². The van der Waals surface area contributed by atoms with E-state index in [0.29, 0.717) is 44.4 Å². The molecule has 0 saturated carbocycles. The van der Waals surface area contributed by atoms with Crippen molar-refractivity contribution in [2.45, 2.75) is 104 Å². The SMILES string of the molecule is CCCC(=O)O[C@@H](C)C(=O)O[C@@H](C)C(=O)O[C@@H](C)C(=O)O[C@@H](C)C(=O)O[C@@H](CNC(C)(C)C)COc1nsnc1N1CCOCC1. The number of nitrogens with one attached hydrogen (secondary N) is 1. The Labute approximate surface area is 273 Å². The zero-order valence-electron chi connectivity index (χ0n) is 27.7. The van der Waals surface area contributed by atoms with Gasteiger partial charge in [0.05, 0.1) is 24.9 Å². The highest BCUT2D eigenvalue weighted by Crippen LogP contribution is 2.26. The van der Waals surface area contributed by atoms with Crippen LogP contribution in [0.2, 0.25) is 0 Å². The van der Waals surface area contributed by atoms with Crippen molar-refractivity contribution in [3.05, 3.63) is 0 Å². The molecule has 46 heavy (non-hydrogen) atoms. The largest absolute Gasteiger partial charge is 0.470 e. The summed E-state index contributed by atoms with van der Waals surface area (Å²) in [5.74, 6) is -3.56. The van der Waals surface area contributed by atoms with Crippen LogP contribution < -0.4 is 15.0 Å². The molecule has 16 nitrogen and oxygen atoms in total. The maximum Gasteiger partial charge on any atom is 0.347 e. The summed E-state index contributed by atoms with van der Waals surface area (Å²) in [5.41, 5.74) is -0.299. The van der Waals surface area contributed by atoms with E-state index in [1.807, 2.05) is 25.7 Å². The molecule has 2 heterocycles. The molecular weight excluding hydrogens is 628 g/mol. The molecule has 0 aliphatic carbocycles. The third-order valence-electron chi connectivity index (χ3n) is 6.27. The average Bonchev–Trinajstić information content (AvgIpc) is 3.47. The molecule has 5 atom stereocenters. The van der Waals surface area contributed by atoms with Gasteiger partial charge in [0.25, 0.3) is 5.88 Å². The van der Waals surface area contributed by atoms with E-state index in [9.17, 15) is 24.0 Å². The lowest BCUT2D eigenvalue weighted by molar-refractivity contribution is -0.185. The number of carbonyl (C=O) groups is 5. The van der Waals surface area contributed by atoms with Crippen LogP contribution in [0, 0.1) is 0 Å². The quantitative estimate of drug-likeness (QED) is 0.185. The van der Waals surface area contributed by atoms with Gasteiger partial charge in [0.1, 0.15) is 12.7 Å². The first-order chi connectivity index (χ1) is 21.6. The van der Waals surface area contributed by atoms with Gasteiger partial charge in [0.2, 0.25) is 5.82 Å². The van der Waals surface area contributed by atoms with E-state index in [1.165, 1.54) is 27.7 Å². The molecule has 0 aromatic carbocycles. The van der Waals surface area contributed by atoms with Gasteiger partial charge in [-0.1, -0.05) is 6.92 Å². The summed E-state index contributed by atoms with van der Waals surface area (Å²) in [6.07, 6.45) is -5.57. The van der Waals surface area contributed by atoms with E-state index < -0.39 is 60.4 Å². The third kappa shape index (κ3) is 13.4. The van der Waals surface area contributed by atoms with Gasteiger partial charge in [0.15, 0.2) is 24.4 Å². The summed E-state index contributed by atoms with van der Waals surface area (Å²) in [4.78, 5) is 63.7. The van der Waals surface area contributed by atoms with Crippen molar-refractivity contribution in [3.63, 3.8) is 0 Å². The minimum atomic E-state index is -1.44. The lowest BCUT2D eigenvalue weighted by atomic mass is 10.1. The maximum absolute atomic E-state index is 12.9. The Hall–Kier alpha value is -3.57. The molecule has 1 saturated heterocycles. The average molecular weight is 675 g/mol. The van der Waals surface area contributed by atoms with Crippen LogP contribution in [-0.4, -0.2) is 114 Å². The second kappa shape index (κ2) is 18.5. The van der Waals surface area contributed by atoms with E-state index in [-0.39, 0.29) is 25.1 Å². The number of morpholine rings is 1. The summed E-state index contributed by atoms with van der Waals surface area (Å²) in [6.45, 7) is 15.3. The van der Waals surface area contributed by atoms with Gasteiger partial charge in [0, 0.05) is 31.6 Å². The van der Waals surface area contributed by atoms with Gasteiger partial charge in [-0.05, 0) is 54.9 Å². The fourth-order valence-electron chi connectivity index (χ4n) is 3.68. The molecule has 0 unspecified atom stereocenters. The van der Waals surface area contributed by atoms with Crippen LogP contribution in [0.3, 0.4) is 0 Å². The number of ether oxygens (including phenoxy) is 7. The van der Waals surface area contributed by atoms with Gasteiger partial charge in [-0.2, -0.15) is 4.37 Å². The van der Waals surface area contributed by atoms with Crippen molar-refractivity contribution in [3.8, 4) is 5.88 Å². The van der Waals surface area contributed by atoms with Gasteiger partial charge < -0.3 is 43.4 Å². The molecule has 1 N–H and O–H groups in total. The molecule has 0 radical (unpaired) electrons. The fraction of sp³-hybridized carbons (Fsp3) is 0.759. The predicted octanol–water partition coefficient (Wildman–Crippen LogP) is 1.58. The number of hydrogen-bond acceptors (Lipinski definition) is 17. The van der Waals surface area contributed by atoms with Crippen molar-refractivity contribution in [1.82, 2.24) is 14.1 Å². The molecule has 1 aliphatic heterocycles. The lowest BCUT2D eigenvalue weighted by Gasteiger charge is -2.28. The normalized spacial score (nSPS) is 16.7. The number of hydrogen-bond donors (Lipinski definition) is 1. The molecule has 0 bridgehead atoms. The summed E-state index contributed by atoms with van der Waals surface area (Å²) in [7, 11) is 0. The monoisotopic (exact) mass is 674 g/mol. The number of anilines is 1. The van der Waals surface area contributed by atoms with Crippen LogP contribution in [0.25, 0.3) is 0 Å². The minimum Gasteiger partial charge on any atom is -0.470 e. The van der Waals surface area contributed by atoms with Crippen molar-refractivity contribution < 1.29 is 57.1 Å². The number of esters is 5. The fourth-order valence-corrected chi connectivity index (χ4v) is 4.20. The minimum absolute atomic E-state index is 0.0563. The van der Waals surface area contributed by atoms with Gasteiger partial charge >= 0.3 is 29.8 Å². The van der Waals surface area contributed by atoms with Gasteiger partial charge in [-0.15, -0.1) is 4.37 Å². The number of rotatable bonds is 17. The van der Waals surface area contributed by atoms with Crippen molar-refractivity contribution >= 4 is 47.4 Å². The molecule has 1 aromatic heterocycles. The molecule has 0 spiro atoms. The van der Waals surface area contributed by atoms with E-state index in [2.05, 4.69) is 14.1 Å². The lowest BCUT2D eigenvalue weighted by Crippen LogP contribution is -2.45. The first-order valence-electron chi connectivity index (χ1n) is 15.2. The molecule has 17 heteroatoms. The Kier molecular flexibility index (Phi) is 15.6. The molecule has 1 fully saturated rings. The van der Waals surface area contributed by atoms with E-state index >= 15 is 0 Å². The molecule has 260 valence electrons. The Morgan fingerprint density at radius 3 is 1.83 bits per heavy atom. The summed E-state index contributed by atoms with van der Waals surface area (Å²) in [5, 5.41) is 3.26. The van der Waals surface area contributed by atoms with Crippen LogP contribution in [0.5, 0.6) is 5.88 Å². The standard InChI is InChI=1S/C29H46N4O12S/c1-9-10-22(34)41-17(2)25(35)42-18(3)26(36)43-19(4)27(37)44-20(5)28(38)45-21(15-30-29(6,7)8)16-40-24-23(31-46-32-24)33-11-13-39-14-12-33/h17-21,30H,9-16H2,1-8H3/t17-,18-,19-,20-,21-/m0/s1. The first kappa shape index (κ1) is 38.6. The van der Waals surface area contributed by atoms with Crippen molar-refractivity contribution in [1.29, 1.82) is 0 Å². The second-order valence-corrected chi connectivity index (χ2v) is 12.1. The first-order valence-corrected chi connectivity index (χ1v) is 15.9. The number of aromatic nitrogens is 2. The van der Waals surface area contributed by atoms with E-state index in [1.54, 1.807) is 6.92 Å². The summed E-state index contributed by atoms with van der Waals surface area (Å²) < 4.78 is 45.6. The van der Waals surface area contributed by atoms with E-state index in [0.717, 1.165) is 11.7 Å². The summed E-state index contributed by atoms with van der Waals surface area (Å²) >= 11 is 1.00. The number of nitrogens with zero attached hydrogens (tertiary/aromatic N) is 3. The highest BCUT2D eigenvalue weighted by molar-refractivity contribution is 6.99. The van der Waals surface area contributed by atoms with Crippen LogP contribution in [0.15, 0.2) is 0 Å². The Morgan fingerprint density at radius 2 is 1.33 bits per heavy atom. The Bertz CT molecular complexity index is 1170. The Morgan fingerprint density at radius 1 is 0.826 bits per heavy atom. The maximum atomic E-state index is 12.9. The molecule has 1 aliphatic rings. The molecular formula is C29H46N4O12S. The summed E-state index contributed by atoms with van der Waals surface area (Å²) in [6, 6.07) is 0. The van der Waals surface area contributed by atoms with E-state index in [4.69, 9.17) is 33.2 Å². The third-order valence-corrected chi connectivity index (χ3v) is 6.77. The molecule has 0 amide bonds. The zero-order chi connectivity index (χ0) is 34.4. The Balaban J connectivity index is 1.90. The van der Waals surface area contributed by atoms with Crippen molar-refractivity contribution in [2.75, 3.05) is 44.4 Å².